The summed E-state index contributed by atoms with van der Waals surface area (Å²) in [5, 5.41) is 0. The summed E-state index contributed by atoms with van der Waals surface area (Å²) in [5.74, 6) is 0.197. The number of halogens is 1. The molecule has 1 aliphatic carbocycles. The van der Waals surface area contributed by atoms with Crippen molar-refractivity contribution in [3.8, 4) is 11.3 Å². The molecule has 1 atom stereocenters. The molecule has 2 heterocycles. The van der Waals surface area contributed by atoms with Gasteiger partial charge in [0.1, 0.15) is 0 Å². The lowest BCUT2D eigenvalue weighted by Gasteiger charge is -2.14. The summed E-state index contributed by atoms with van der Waals surface area (Å²) in [6, 6.07) is 10.1. The topological polar surface area (TPSA) is 34.4 Å². The molecule has 0 N–H and O–H groups in total. The summed E-state index contributed by atoms with van der Waals surface area (Å²) in [6.07, 6.45) is 3.82. The standard InChI is InChI=1S/C15H11BrN2OS/c16-10-6-7-12-14(13(10)19)20-15-17-11(8-18(12)15)9-4-2-1-3-5-9/h1-5,8,10H,6-7H2. The second-order valence-electron chi connectivity index (χ2n) is 4.89. The summed E-state index contributed by atoms with van der Waals surface area (Å²) >= 11 is 4.95. The Balaban J connectivity index is 1.87. The van der Waals surface area contributed by atoms with E-state index in [0.717, 1.165) is 39.6 Å². The molecule has 0 saturated carbocycles. The van der Waals surface area contributed by atoms with E-state index in [9.17, 15) is 4.79 Å². The number of fused-ring (bicyclic) bond motifs is 3. The molecule has 5 heteroatoms. The molecule has 0 radical (unpaired) electrons. The van der Waals surface area contributed by atoms with Crippen molar-refractivity contribution in [3.63, 3.8) is 0 Å². The van der Waals surface area contributed by atoms with E-state index in [0.29, 0.717) is 0 Å². The largest absolute Gasteiger partial charge is 0.293 e. The molecule has 3 aromatic rings. The highest BCUT2D eigenvalue weighted by molar-refractivity contribution is 9.10. The van der Waals surface area contributed by atoms with Gasteiger partial charge in [-0.15, -0.1) is 0 Å². The van der Waals surface area contributed by atoms with Gasteiger partial charge in [0.25, 0.3) is 0 Å². The van der Waals surface area contributed by atoms with Crippen molar-refractivity contribution in [3.05, 3.63) is 47.1 Å². The molecule has 0 amide bonds. The van der Waals surface area contributed by atoms with Crippen LogP contribution < -0.4 is 0 Å². The second kappa shape index (κ2) is 4.53. The Bertz CT molecular complexity index is 806. The van der Waals surface area contributed by atoms with Gasteiger partial charge >= 0.3 is 0 Å². The van der Waals surface area contributed by atoms with Crippen molar-refractivity contribution >= 4 is 38.0 Å². The second-order valence-corrected chi connectivity index (χ2v) is 6.98. The number of alkyl halides is 1. The van der Waals surface area contributed by atoms with Gasteiger partial charge in [-0.2, -0.15) is 0 Å². The number of carbonyl (C=O) groups is 1. The first-order chi connectivity index (χ1) is 9.74. The van der Waals surface area contributed by atoms with E-state index in [1.807, 2.05) is 24.4 Å². The molecule has 1 aromatic carbocycles. The van der Waals surface area contributed by atoms with Crippen LogP contribution in [0.3, 0.4) is 0 Å². The fraction of sp³-hybridized carbons (Fsp3) is 0.200. The summed E-state index contributed by atoms with van der Waals surface area (Å²) in [5.41, 5.74) is 3.19. The zero-order chi connectivity index (χ0) is 13.7. The van der Waals surface area contributed by atoms with Gasteiger partial charge in [0.05, 0.1) is 15.4 Å². The number of rotatable bonds is 1. The van der Waals surface area contributed by atoms with E-state index in [4.69, 9.17) is 0 Å². The van der Waals surface area contributed by atoms with Crippen LogP contribution in [0, 0.1) is 0 Å². The van der Waals surface area contributed by atoms with Gasteiger partial charge in [-0.25, -0.2) is 4.98 Å². The quantitative estimate of drug-likeness (QED) is 0.625. The smallest absolute Gasteiger partial charge is 0.195 e. The minimum Gasteiger partial charge on any atom is -0.293 e. The van der Waals surface area contributed by atoms with Crippen LogP contribution in [0.5, 0.6) is 0 Å². The molecule has 0 spiro atoms. The average molecular weight is 347 g/mol. The van der Waals surface area contributed by atoms with Gasteiger partial charge in [-0.1, -0.05) is 57.6 Å². The van der Waals surface area contributed by atoms with Crippen LogP contribution in [0.25, 0.3) is 16.2 Å². The molecular formula is C15H11BrN2OS. The van der Waals surface area contributed by atoms with Crippen molar-refractivity contribution in [2.24, 2.45) is 0 Å². The van der Waals surface area contributed by atoms with E-state index in [1.54, 1.807) is 0 Å². The minimum absolute atomic E-state index is 0.0352. The van der Waals surface area contributed by atoms with Crippen LogP contribution in [0.4, 0.5) is 0 Å². The number of hydrogen-bond donors (Lipinski definition) is 0. The lowest BCUT2D eigenvalue weighted by molar-refractivity contribution is 0.0985. The van der Waals surface area contributed by atoms with Crippen LogP contribution in [0.1, 0.15) is 21.8 Å². The number of ketones is 1. The number of carbonyl (C=O) groups excluding carboxylic acids is 1. The van der Waals surface area contributed by atoms with Crippen molar-refractivity contribution in [2.75, 3.05) is 0 Å². The SMILES string of the molecule is O=C1c2sc3nc(-c4ccccc4)cn3c2CCC1Br. The molecule has 2 aromatic heterocycles. The Morgan fingerprint density at radius 3 is 2.90 bits per heavy atom. The van der Waals surface area contributed by atoms with Crippen LogP contribution in [0.15, 0.2) is 36.5 Å². The third-order valence-electron chi connectivity index (χ3n) is 3.63. The average Bonchev–Trinajstić information content (AvgIpc) is 3.02. The Hall–Kier alpha value is -1.46. The van der Waals surface area contributed by atoms with Gasteiger partial charge < -0.3 is 0 Å². The van der Waals surface area contributed by atoms with Crippen molar-refractivity contribution < 1.29 is 4.79 Å². The number of nitrogens with zero attached hydrogens (tertiary/aromatic N) is 2. The molecule has 1 unspecified atom stereocenters. The van der Waals surface area contributed by atoms with Gasteiger partial charge in [-0.3, -0.25) is 9.20 Å². The highest BCUT2D eigenvalue weighted by Crippen LogP contribution is 2.34. The van der Waals surface area contributed by atoms with Gasteiger partial charge in [0, 0.05) is 17.5 Å². The number of thiazole rings is 1. The van der Waals surface area contributed by atoms with E-state index < -0.39 is 0 Å². The maximum Gasteiger partial charge on any atom is 0.195 e. The number of benzene rings is 1. The molecule has 0 fully saturated rings. The van der Waals surface area contributed by atoms with Crippen LogP contribution in [-0.4, -0.2) is 20.0 Å². The fourth-order valence-corrected chi connectivity index (χ4v) is 4.36. The van der Waals surface area contributed by atoms with Crippen LogP contribution in [0.2, 0.25) is 0 Å². The maximum atomic E-state index is 12.2. The predicted octanol–water partition coefficient (Wildman–Crippen LogP) is 3.96. The first kappa shape index (κ1) is 12.3. The van der Waals surface area contributed by atoms with Gasteiger partial charge in [0.15, 0.2) is 10.7 Å². The summed E-state index contributed by atoms with van der Waals surface area (Å²) in [4.78, 5) is 18.6. The number of Topliss-reactive ketones (excluding diaryl/α,β-unsaturated/α-hetero) is 1. The normalized spacial score (nSPS) is 18.4. The van der Waals surface area contributed by atoms with Crippen LogP contribution >= 0.6 is 27.3 Å². The van der Waals surface area contributed by atoms with Crippen molar-refractivity contribution in [1.29, 1.82) is 0 Å². The predicted molar refractivity (Wildman–Crippen MR) is 83.9 cm³/mol. The summed E-state index contributed by atoms with van der Waals surface area (Å²) in [6.45, 7) is 0. The Morgan fingerprint density at radius 1 is 1.30 bits per heavy atom. The third-order valence-corrected chi connectivity index (χ3v) is 5.62. The van der Waals surface area contributed by atoms with Crippen molar-refractivity contribution in [1.82, 2.24) is 9.38 Å². The van der Waals surface area contributed by atoms with E-state index in [1.165, 1.54) is 11.3 Å². The van der Waals surface area contributed by atoms with Crippen LogP contribution in [-0.2, 0) is 6.42 Å². The lowest BCUT2D eigenvalue weighted by Crippen LogP contribution is -2.21. The Kier molecular flexibility index (Phi) is 2.79. The number of hydrogen-bond acceptors (Lipinski definition) is 3. The summed E-state index contributed by atoms with van der Waals surface area (Å²) < 4.78 is 2.08. The van der Waals surface area contributed by atoms with Gasteiger partial charge in [0.2, 0.25) is 0 Å². The zero-order valence-corrected chi connectivity index (χ0v) is 12.9. The molecule has 1 aliphatic rings. The minimum atomic E-state index is -0.0352. The maximum absolute atomic E-state index is 12.2. The zero-order valence-electron chi connectivity index (χ0n) is 10.5. The van der Waals surface area contributed by atoms with Crippen molar-refractivity contribution in [2.45, 2.75) is 17.7 Å². The molecule has 3 nitrogen and oxygen atoms in total. The monoisotopic (exact) mass is 346 g/mol. The number of aromatic nitrogens is 2. The van der Waals surface area contributed by atoms with E-state index in [2.05, 4.69) is 37.4 Å². The molecule has 0 aliphatic heterocycles. The first-order valence-electron chi connectivity index (χ1n) is 6.48. The highest BCUT2D eigenvalue weighted by atomic mass is 79.9. The highest BCUT2D eigenvalue weighted by Gasteiger charge is 2.29. The molecule has 4 rings (SSSR count). The molecular weight excluding hydrogens is 336 g/mol. The first-order valence-corrected chi connectivity index (χ1v) is 8.22. The molecule has 0 bridgehead atoms. The fourth-order valence-electron chi connectivity index (χ4n) is 2.60. The molecule has 100 valence electrons. The van der Waals surface area contributed by atoms with E-state index in [-0.39, 0.29) is 10.6 Å². The molecule has 0 saturated heterocycles. The number of imidazole rings is 1. The Morgan fingerprint density at radius 2 is 2.10 bits per heavy atom. The number of aryl methyl sites for hydroxylation is 1. The lowest BCUT2D eigenvalue weighted by atomic mass is 10.0. The third kappa shape index (κ3) is 1.77. The van der Waals surface area contributed by atoms with E-state index >= 15 is 0 Å². The summed E-state index contributed by atoms with van der Waals surface area (Å²) in [7, 11) is 0. The molecule has 20 heavy (non-hydrogen) atoms. The van der Waals surface area contributed by atoms with Gasteiger partial charge in [-0.05, 0) is 12.8 Å². The Labute approximate surface area is 128 Å².